The molecule has 0 saturated heterocycles. The number of carbonyl (C=O) groups is 1. The highest BCUT2D eigenvalue weighted by Crippen LogP contribution is 2.43. The van der Waals surface area contributed by atoms with Gasteiger partial charge in [0.2, 0.25) is 0 Å². The molecule has 9 heteroatoms. The number of halogens is 2. The fourth-order valence-corrected chi connectivity index (χ4v) is 3.69. The summed E-state index contributed by atoms with van der Waals surface area (Å²) in [5.74, 6) is -0.0958. The number of pyridine rings is 1. The third-order valence-corrected chi connectivity index (χ3v) is 5.65. The zero-order valence-corrected chi connectivity index (χ0v) is 19.4. The van der Waals surface area contributed by atoms with Crippen molar-refractivity contribution in [2.45, 2.75) is 32.5 Å². The molecule has 1 aliphatic heterocycles. The predicted molar refractivity (Wildman–Crippen MR) is 124 cm³/mol. The first-order valence-electron chi connectivity index (χ1n) is 10.9. The SMILES string of the molecule is CCOC(=O)c1cccc(-c2nc(NCC(C)(C#N)c3ccc4c(c3)OC(F)(F)O4)ccc2C)c1. The van der Waals surface area contributed by atoms with Crippen molar-refractivity contribution in [1.82, 2.24) is 4.98 Å². The molecule has 1 atom stereocenters. The van der Waals surface area contributed by atoms with E-state index in [9.17, 15) is 18.8 Å². The maximum Gasteiger partial charge on any atom is 0.586 e. The van der Waals surface area contributed by atoms with Crippen molar-refractivity contribution in [3.05, 3.63) is 71.3 Å². The summed E-state index contributed by atoms with van der Waals surface area (Å²) in [4.78, 5) is 16.8. The zero-order chi connectivity index (χ0) is 25.2. The molecule has 1 N–H and O–H groups in total. The van der Waals surface area contributed by atoms with Gasteiger partial charge in [0, 0.05) is 12.1 Å². The average molecular weight is 479 g/mol. The normalized spacial score (nSPS) is 15.1. The lowest BCUT2D eigenvalue weighted by atomic mass is 9.83. The van der Waals surface area contributed by atoms with E-state index in [1.165, 1.54) is 12.1 Å². The number of fused-ring (bicyclic) bond motifs is 1. The van der Waals surface area contributed by atoms with Crippen molar-refractivity contribution in [2.24, 2.45) is 0 Å². The molecule has 7 nitrogen and oxygen atoms in total. The van der Waals surface area contributed by atoms with Crippen molar-refractivity contribution < 1.29 is 27.8 Å². The van der Waals surface area contributed by atoms with Gasteiger partial charge in [0.15, 0.2) is 11.5 Å². The molecule has 2 aromatic carbocycles. The molecule has 180 valence electrons. The van der Waals surface area contributed by atoms with Crippen LogP contribution >= 0.6 is 0 Å². The van der Waals surface area contributed by atoms with Gasteiger partial charge in [-0.1, -0.05) is 24.3 Å². The molecule has 0 saturated carbocycles. The largest absolute Gasteiger partial charge is 0.586 e. The van der Waals surface area contributed by atoms with E-state index in [4.69, 9.17) is 4.74 Å². The molecule has 4 rings (SSSR count). The van der Waals surface area contributed by atoms with Gasteiger partial charge in [-0.25, -0.2) is 9.78 Å². The Hall–Kier alpha value is -4.19. The minimum Gasteiger partial charge on any atom is -0.462 e. The number of rotatable bonds is 7. The van der Waals surface area contributed by atoms with Crippen molar-refractivity contribution in [3.8, 4) is 28.8 Å². The van der Waals surface area contributed by atoms with Crippen LogP contribution < -0.4 is 14.8 Å². The van der Waals surface area contributed by atoms with E-state index >= 15 is 0 Å². The molecule has 2 heterocycles. The number of anilines is 1. The highest BCUT2D eigenvalue weighted by molar-refractivity contribution is 5.91. The number of hydrogen-bond acceptors (Lipinski definition) is 7. The van der Waals surface area contributed by atoms with E-state index < -0.39 is 17.7 Å². The topological polar surface area (TPSA) is 93.5 Å². The summed E-state index contributed by atoms with van der Waals surface area (Å²) in [6, 6.07) is 17.2. The molecule has 0 aliphatic carbocycles. The molecule has 0 spiro atoms. The third-order valence-electron chi connectivity index (χ3n) is 5.65. The monoisotopic (exact) mass is 479 g/mol. The Labute approximate surface area is 201 Å². The van der Waals surface area contributed by atoms with Gasteiger partial charge >= 0.3 is 12.3 Å². The van der Waals surface area contributed by atoms with E-state index in [2.05, 4.69) is 25.8 Å². The molecule has 1 aliphatic rings. The van der Waals surface area contributed by atoms with Crippen LogP contribution in [-0.2, 0) is 10.2 Å². The Kier molecular flexibility index (Phi) is 6.31. The molecule has 35 heavy (non-hydrogen) atoms. The maximum absolute atomic E-state index is 13.4. The second kappa shape index (κ2) is 9.22. The van der Waals surface area contributed by atoms with Crippen LogP contribution in [0.25, 0.3) is 11.3 Å². The van der Waals surface area contributed by atoms with Gasteiger partial charge in [-0.05, 0) is 62.2 Å². The number of ether oxygens (including phenoxy) is 3. The summed E-state index contributed by atoms with van der Waals surface area (Å²) < 4.78 is 40.8. The fraction of sp³-hybridized carbons (Fsp3) is 0.269. The number of benzene rings is 2. The Bertz CT molecular complexity index is 1320. The first kappa shape index (κ1) is 24.0. The van der Waals surface area contributed by atoms with Gasteiger partial charge in [0.25, 0.3) is 0 Å². The maximum atomic E-state index is 13.4. The van der Waals surface area contributed by atoms with Crippen LogP contribution in [0.15, 0.2) is 54.6 Å². The van der Waals surface area contributed by atoms with E-state index in [1.54, 1.807) is 44.2 Å². The van der Waals surface area contributed by atoms with Gasteiger partial charge in [0.1, 0.15) is 5.82 Å². The molecular weight excluding hydrogens is 456 g/mol. The highest BCUT2D eigenvalue weighted by atomic mass is 19.3. The van der Waals surface area contributed by atoms with Crippen LogP contribution in [0.1, 0.15) is 35.3 Å². The first-order chi connectivity index (χ1) is 16.6. The number of nitriles is 1. The number of aromatic nitrogens is 1. The first-order valence-corrected chi connectivity index (χ1v) is 10.9. The lowest BCUT2D eigenvalue weighted by Gasteiger charge is -2.23. The summed E-state index contributed by atoms with van der Waals surface area (Å²) >= 11 is 0. The fourth-order valence-electron chi connectivity index (χ4n) is 3.69. The number of alkyl halides is 2. The van der Waals surface area contributed by atoms with Gasteiger partial charge < -0.3 is 19.5 Å². The summed E-state index contributed by atoms with van der Waals surface area (Å²) in [6.45, 7) is 5.77. The van der Waals surface area contributed by atoms with Crippen LogP contribution in [0.5, 0.6) is 11.5 Å². The second-order valence-electron chi connectivity index (χ2n) is 8.29. The van der Waals surface area contributed by atoms with Crippen molar-refractivity contribution >= 4 is 11.8 Å². The van der Waals surface area contributed by atoms with E-state index in [1.807, 2.05) is 19.1 Å². The Morgan fingerprint density at radius 2 is 1.94 bits per heavy atom. The molecule has 0 amide bonds. The summed E-state index contributed by atoms with van der Waals surface area (Å²) in [5.41, 5.74) is 2.15. The van der Waals surface area contributed by atoms with Crippen molar-refractivity contribution in [2.75, 3.05) is 18.5 Å². The van der Waals surface area contributed by atoms with Crippen LogP contribution in [0.2, 0.25) is 0 Å². The van der Waals surface area contributed by atoms with Gasteiger partial charge in [-0.15, -0.1) is 8.78 Å². The minimum absolute atomic E-state index is 0.0816. The summed E-state index contributed by atoms with van der Waals surface area (Å²) in [7, 11) is 0. The van der Waals surface area contributed by atoms with Crippen molar-refractivity contribution in [1.29, 1.82) is 5.26 Å². The standard InChI is InChI=1S/C26H23F2N3O4/c1-4-33-24(32)18-7-5-6-17(12-18)23-16(2)8-11-22(31-23)30-15-25(3,14-29)19-9-10-20-21(13-19)35-26(27,28)34-20/h5-13H,4,15H2,1-3H3,(H,30,31). The van der Waals surface area contributed by atoms with Crippen LogP contribution in [0.3, 0.4) is 0 Å². The van der Waals surface area contributed by atoms with Crippen LogP contribution in [-0.4, -0.2) is 30.4 Å². The smallest absolute Gasteiger partial charge is 0.462 e. The van der Waals surface area contributed by atoms with Crippen LogP contribution in [0, 0.1) is 18.3 Å². The Morgan fingerprint density at radius 1 is 1.17 bits per heavy atom. The zero-order valence-electron chi connectivity index (χ0n) is 19.4. The molecule has 0 fully saturated rings. The molecule has 3 aromatic rings. The van der Waals surface area contributed by atoms with Crippen molar-refractivity contribution in [3.63, 3.8) is 0 Å². The van der Waals surface area contributed by atoms with E-state index in [0.29, 0.717) is 22.6 Å². The average Bonchev–Trinajstić information content (AvgIpc) is 3.16. The lowest BCUT2D eigenvalue weighted by Crippen LogP contribution is -2.29. The predicted octanol–water partition coefficient (Wildman–Crippen LogP) is 5.45. The molecular formula is C26H23F2N3O4. The number of hydrogen-bond donors (Lipinski definition) is 1. The molecule has 0 bridgehead atoms. The quantitative estimate of drug-likeness (QED) is 0.451. The second-order valence-corrected chi connectivity index (χ2v) is 8.29. The lowest BCUT2D eigenvalue weighted by molar-refractivity contribution is -0.286. The molecule has 1 unspecified atom stereocenters. The number of aryl methyl sites for hydroxylation is 1. The van der Waals surface area contributed by atoms with E-state index in [0.717, 1.165) is 11.1 Å². The van der Waals surface area contributed by atoms with Gasteiger partial charge in [-0.3, -0.25) is 0 Å². The Balaban J connectivity index is 1.56. The highest BCUT2D eigenvalue weighted by Gasteiger charge is 2.44. The number of nitrogens with one attached hydrogen (secondary N) is 1. The number of esters is 1. The van der Waals surface area contributed by atoms with E-state index in [-0.39, 0.29) is 24.7 Å². The molecule has 0 radical (unpaired) electrons. The summed E-state index contributed by atoms with van der Waals surface area (Å²) in [5, 5.41) is 13.1. The number of carbonyl (C=O) groups excluding carboxylic acids is 1. The van der Waals surface area contributed by atoms with Crippen LogP contribution in [0.4, 0.5) is 14.6 Å². The van der Waals surface area contributed by atoms with Gasteiger partial charge in [-0.2, -0.15) is 5.26 Å². The summed E-state index contributed by atoms with van der Waals surface area (Å²) in [6.07, 6.45) is -3.73. The Morgan fingerprint density at radius 3 is 2.69 bits per heavy atom. The molecule has 1 aromatic heterocycles. The number of nitrogens with zero attached hydrogens (tertiary/aromatic N) is 2. The van der Waals surface area contributed by atoms with Gasteiger partial charge in [0.05, 0.1) is 29.3 Å². The third kappa shape index (κ3) is 5.01. The minimum atomic E-state index is -3.73.